The van der Waals surface area contributed by atoms with E-state index in [0.717, 1.165) is 0 Å². The van der Waals surface area contributed by atoms with Gasteiger partial charge in [-0.3, -0.25) is 4.79 Å². The Labute approximate surface area is 78.9 Å². The molecule has 0 fully saturated rings. The fourth-order valence-electron chi connectivity index (χ4n) is 0.934. The minimum absolute atomic E-state index is 0.226. The van der Waals surface area contributed by atoms with Crippen molar-refractivity contribution in [3.05, 3.63) is 47.8 Å². The minimum atomic E-state index is -2.44. The number of hydrogen-bond donors (Lipinski definition) is 0. The highest BCUT2D eigenvalue weighted by Crippen LogP contribution is 2.16. The van der Waals surface area contributed by atoms with Gasteiger partial charge in [-0.25, -0.2) is 4.39 Å². The molecule has 0 radical (unpaired) electrons. The smallest absolute Gasteiger partial charge is 0.294 e. The van der Waals surface area contributed by atoms with E-state index in [4.69, 9.17) is 0 Å². The summed E-state index contributed by atoms with van der Waals surface area (Å²) in [6.45, 7) is 0. The molecule has 0 amide bonds. The van der Waals surface area contributed by atoms with Crippen LogP contribution < -0.4 is 0 Å². The van der Waals surface area contributed by atoms with Crippen LogP contribution in [0, 0.1) is 0 Å². The zero-order valence-electron chi connectivity index (χ0n) is 7.14. The molecule has 74 valence electrons. The van der Waals surface area contributed by atoms with E-state index >= 15 is 0 Å². The van der Waals surface area contributed by atoms with Gasteiger partial charge in [0.2, 0.25) is 0 Å². The lowest BCUT2D eigenvalue weighted by atomic mass is 10.1. The van der Waals surface area contributed by atoms with Crippen molar-refractivity contribution < 1.29 is 18.0 Å². The lowest BCUT2D eigenvalue weighted by molar-refractivity contribution is 0.0983. The molecule has 0 aliphatic carbocycles. The van der Waals surface area contributed by atoms with Crippen LogP contribution in [0.3, 0.4) is 0 Å². The van der Waals surface area contributed by atoms with Crippen LogP contribution in [0.25, 0.3) is 0 Å². The summed E-state index contributed by atoms with van der Waals surface area (Å²) in [6.07, 6.45) is -3.32. The van der Waals surface area contributed by atoms with Crippen LogP contribution in [0.2, 0.25) is 0 Å². The third-order valence-electron chi connectivity index (χ3n) is 1.62. The molecule has 0 heterocycles. The quantitative estimate of drug-likeness (QED) is 0.684. The Morgan fingerprint density at radius 1 is 1.07 bits per heavy atom. The number of benzene rings is 1. The largest absolute Gasteiger partial charge is 0.301 e. The molecule has 0 aromatic heterocycles. The highest BCUT2D eigenvalue weighted by Gasteiger charge is 2.12. The molecule has 0 atom stereocenters. The Morgan fingerprint density at radius 3 is 2.14 bits per heavy atom. The van der Waals surface area contributed by atoms with Crippen molar-refractivity contribution in [3.63, 3.8) is 0 Å². The van der Waals surface area contributed by atoms with Crippen LogP contribution in [-0.2, 0) is 0 Å². The molecule has 0 N–H and O–H groups in total. The van der Waals surface area contributed by atoms with Gasteiger partial charge in [-0.15, -0.1) is 0 Å². The summed E-state index contributed by atoms with van der Waals surface area (Å²) in [5.41, 5.74) is 0.226. The van der Waals surface area contributed by atoms with Crippen molar-refractivity contribution in [2.24, 2.45) is 0 Å². The predicted molar refractivity (Wildman–Crippen MR) is 45.7 cm³/mol. The maximum atomic E-state index is 12.4. The first-order valence-electron chi connectivity index (χ1n) is 3.89. The van der Waals surface area contributed by atoms with Crippen LogP contribution in [0.5, 0.6) is 0 Å². The third kappa shape index (κ3) is 2.73. The molecule has 1 aromatic rings. The van der Waals surface area contributed by atoms with Crippen LogP contribution in [-0.4, -0.2) is 5.78 Å². The van der Waals surface area contributed by atoms with Gasteiger partial charge in [0, 0.05) is 5.56 Å². The lowest BCUT2D eigenvalue weighted by Gasteiger charge is -1.97. The maximum absolute atomic E-state index is 12.4. The van der Waals surface area contributed by atoms with E-state index in [1.54, 1.807) is 18.2 Å². The number of halogens is 3. The Hall–Kier alpha value is -1.58. The number of rotatable bonds is 3. The third-order valence-corrected chi connectivity index (χ3v) is 1.62. The Morgan fingerprint density at radius 2 is 1.64 bits per heavy atom. The van der Waals surface area contributed by atoms with Crippen molar-refractivity contribution in [1.82, 2.24) is 0 Å². The summed E-state index contributed by atoms with van der Waals surface area (Å²) in [5, 5.41) is 0. The fraction of sp³-hybridized carbons (Fsp3) is 0.100. The number of Topliss-reactive ketones (excluding diaryl/α,β-unsaturated/α-hetero) is 1. The van der Waals surface area contributed by atoms with Crippen molar-refractivity contribution in [2.75, 3.05) is 0 Å². The Balaban J connectivity index is 2.75. The molecule has 1 aromatic carbocycles. The van der Waals surface area contributed by atoms with Gasteiger partial charge in [-0.2, -0.15) is 8.78 Å². The highest BCUT2D eigenvalue weighted by molar-refractivity contribution is 5.97. The number of carbonyl (C=O) groups excluding carboxylic acids is 1. The summed E-state index contributed by atoms with van der Waals surface area (Å²) in [5.74, 6) is -2.32. The Bertz CT molecular complexity index is 353. The molecule has 4 heteroatoms. The molecular formula is C10H7F3O. The topological polar surface area (TPSA) is 17.1 Å². The molecule has 0 unspecified atom stereocenters. The SMILES string of the molecule is O=C(CC(F)=C(F)F)c1ccccc1. The zero-order chi connectivity index (χ0) is 10.6. The van der Waals surface area contributed by atoms with Gasteiger partial charge in [0.05, 0.1) is 6.42 Å². The Kier molecular flexibility index (Phi) is 3.45. The average molecular weight is 200 g/mol. The molecule has 0 aliphatic rings. The van der Waals surface area contributed by atoms with Crippen molar-refractivity contribution in [2.45, 2.75) is 6.42 Å². The first kappa shape index (κ1) is 10.5. The highest BCUT2D eigenvalue weighted by atomic mass is 19.3. The van der Waals surface area contributed by atoms with Crippen molar-refractivity contribution in [1.29, 1.82) is 0 Å². The maximum Gasteiger partial charge on any atom is 0.301 e. The van der Waals surface area contributed by atoms with Crippen LogP contribution in [0.15, 0.2) is 42.2 Å². The zero-order valence-corrected chi connectivity index (χ0v) is 7.14. The monoisotopic (exact) mass is 200 g/mol. The van der Waals surface area contributed by atoms with Crippen LogP contribution >= 0.6 is 0 Å². The van der Waals surface area contributed by atoms with E-state index in [1.165, 1.54) is 12.1 Å². The van der Waals surface area contributed by atoms with E-state index in [2.05, 4.69) is 0 Å². The summed E-state index contributed by atoms with van der Waals surface area (Å²) in [4.78, 5) is 11.2. The first-order chi connectivity index (χ1) is 6.61. The number of hydrogen-bond acceptors (Lipinski definition) is 1. The number of ketones is 1. The number of carbonyl (C=O) groups is 1. The van der Waals surface area contributed by atoms with Crippen molar-refractivity contribution in [3.8, 4) is 0 Å². The average Bonchev–Trinajstić information content (AvgIpc) is 2.19. The van der Waals surface area contributed by atoms with E-state index in [1.807, 2.05) is 0 Å². The molecule has 0 saturated heterocycles. The second-order valence-electron chi connectivity index (χ2n) is 2.63. The van der Waals surface area contributed by atoms with Gasteiger partial charge in [-0.1, -0.05) is 30.3 Å². The summed E-state index contributed by atoms with van der Waals surface area (Å²) in [7, 11) is 0. The van der Waals surface area contributed by atoms with E-state index in [9.17, 15) is 18.0 Å². The van der Waals surface area contributed by atoms with Crippen LogP contribution in [0.1, 0.15) is 16.8 Å². The molecular weight excluding hydrogens is 193 g/mol. The van der Waals surface area contributed by atoms with Gasteiger partial charge < -0.3 is 0 Å². The molecule has 1 rings (SSSR count). The fourth-order valence-corrected chi connectivity index (χ4v) is 0.934. The molecule has 0 saturated carbocycles. The molecule has 0 spiro atoms. The molecule has 0 bridgehead atoms. The van der Waals surface area contributed by atoms with Gasteiger partial charge >= 0.3 is 6.08 Å². The van der Waals surface area contributed by atoms with Gasteiger partial charge in [0.1, 0.15) is 0 Å². The summed E-state index contributed by atoms with van der Waals surface area (Å²) < 4.78 is 35.7. The second kappa shape index (κ2) is 4.60. The summed E-state index contributed by atoms with van der Waals surface area (Å²) in [6, 6.07) is 7.75. The standard InChI is InChI=1S/C10H7F3O/c11-8(10(12)13)6-9(14)7-4-2-1-3-5-7/h1-5H,6H2. The van der Waals surface area contributed by atoms with E-state index in [-0.39, 0.29) is 5.56 Å². The van der Waals surface area contributed by atoms with Gasteiger partial charge in [-0.05, 0) is 0 Å². The van der Waals surface area contributed by atoms with Crippen LogP contribution in [0.4, 0.5) is 13.2 Å². The second-order valence-corrected chi connectivity index (χ2v) is 2.63. The molecule has 0 aliphatic heterocycles. The molecule has 1 nitrogen and oxygen atoms in total. The van der Waals surface area contributed by atoms with Crippen molar-refractivity contribution >= 4 is 5.78 Å². The number of allylic oxidation sites excluding steroid dienone is 1. The van der Waals surface area contributed by atoms with E-state index in [0.29, 0.717) is 0 Å². The minimum Gasteiger partial charge on any atom is -0.294 e. The van der Waals surface area contributed by atoms with Gasteiger partial charge in [0.25, 0.3) is 0 Å². The first-order valence-corrected chi connectivity index (χ1v) is 3.89. The predicted octanol–water partition coefficient (Wildman–Crippen LogP) is 3.34. The lowest BCUT2D eigenvalue weighted by Crippen LogP contribution is -1.98. The summed E-state index contributed by atoms with van der Waals surface area (Å²) >= 11 is 0. The van der Waals surface area contributed by atoms with Gasteiger partial charge in [0.15, 0.2) is 11.6 Å². The molecule has 14 heavy (non-hydrogen) atoms. The van der Waals surface area contributed by atoms with E-state index < -0.39 is 24.1 Å². The normalized spacial score (nSPS) is 9.64.